The second-order valence-electron chi connectivity index (χ2n) is 6.34. The molecule has 0 spiro atoms. The van der Waals surface area contributed by atoms with E-state index in [2.05, 4.69) is 27.9 Å². The first-order valence-electron chi connectivity index (χ1n) is 8.24. The number of carbonyl (C=O) groups is 2. The van der Waals surface area contributed by atoms with Crippen LogP contribution in [0.1, 0.15) is 44.6 Å². The number of nitrogens with one attached hydrogen (secondary N) is 1. The summed E-state index contributed by atoms with van der Waals surface area (Å²) in [5.41, 5.74) is 0.368. The molecule has 1 fully saturated rings. The van der Waals surface area contributed by atoms with Crippen LogP contribution in [-0.4, -0.2) is 31.8 Å². The average molecular weight is 445 g/mol. The number of halogens is 1. The Bertz CT molecular complexity index is 592. The molecule has 1 aromatic rings. The van der Waals surface area contributed by atoms with Crippen LogP contribution >= 0.6 is 22.6 Å². The van der Waals surface area contributed by atoms with Crippen LogP contribution in [0.2, 0.25) is 0 Å². The topological polar surface area (TPSA) is 64.6 Å². The number of rotatable bonds is 8. The molecule has 0 bridgehead atoms. The summed E-state index contributed by atoms with van der Waals surface area (Å²) in [5, 5.41) is 2.66. The van der Waals surface area contributed by atoms with Gasteiger partial charge in [-0.3, -0.25) is 4.79 Å². The number of hydrogen-bond donors (Lipinski definition) is 1. The van der Waals surface area contributed by atoms with Crippen molar-refractivity contribution in [1.82, 2.24) is 5.32 Å². The van der Waals surface area contributed by atoms with Crippen molar-refractivity contribution < 1.29 is 19.1 Å². The highest BCUT2D eigenvalue weighted by Crippen LogP contribution is 2.32. The van der Waals surface area contributed by atoms with Gasteiger partial charge in [-0.15, -0.1) is 0 Å². The van der Waals surface area contributed by atoms with E-state index in [1.165, 1.54) is 7.11 Å². The molecule has 2 atom stereocenters. The van der Waals surface area contributed by atoms with Crippen LogP contribution in [0, 0.1) is 3.57 Å². The van der Waals surface area contributed by atoms with Gasteiger partial charge < -0.3 is 14.8 Å². The Morgan fingerprint density at radius 2 is 2.21 bits per heavy atom. The van der Waals surface area contributed by atoms with Crippen molar-refractivity contribution in [3.63, 3.8) is 0 Å². The summed E-state index contributed by atoms with van der Waals surface area (Å²) >= 11 is 2.26. The molecular weight excluding hydrogens is 421 g/mol. The summed E-state index contributed by atoms with van der Waals surface area (Å²) in [6, 6.07) is 8.02. The lowest BCUT2D eigenvalue weighted by Crippen LogP contribution is -2.34. The Balaban J connectivity index is 1.87. The number of amides is 1. The Morgan fingerprint density at radius 3 is 2.83 bits per heavy atom. The van der Waals surface area contributed by atoms with Gasteiger partial charge in [0.15, 0.2) is 0 Å². The Labute approximate surface area is 156 Å². The summed E-state index contributed by atoms with van der Waals surface area (Å²) < 4.78 is 11.3. The fourth-order valence-corrected chi connectivity index (χ4v) is 3.58. The number of ether oxygens (including phenoxy) is 2. The van der Waals surface area contributed by atoms with E-state index in [-0.39, 0.29) is 18.2 Å². The number of esters is 1. The van der Waals surface area contributed by atoms with Crippen LogP contribution in [0.4, 0.5) is 4.79 Å². The predicted molar refractivity (Wildman–Crippen MR) is 99.9 cm³/mol. The van der Waals surface area contributed by atoms with Crippen LogP contribution in [0.5, 0.6) is 0 Å². The number of hydrogen-bond acceptors (Lipinski definition) is 4. The normalized spacial score (nSPS) is 19.3. The fourth-order valence-electron chi connectivity index (χ4n) is 3.04. The Morgan fingerprint density at radius 1 is 1.42 bits per heavy atom. The third-order valence-corrected chi connectivity index (χ3v) is 5.22. The standard InChI is InChI=1S/C18H24INO4/c1-18(16(21)23-2,13-7-6-8-14(19)11-13)10-5-3-4-9-15-12-20-17(22)24-15/h6-8,11,15H,3-5,9-10,12H2,1-2H3,(H,20,22). The van der Waals surface area contributed by atoms with Gasteiger partial charge in [0.1, 0.15) is 6.10 Å². The molecular formula is C18H24INO4. The highest BCUT2D eigenvalue weighted by molar-refractivity contribution is 14.1. The molecule has 1 amide bonds. The molecule has 1 N–H and O–H groups in total. The monoisotopic (exact) mass is 445 g/mol. The second-order valence-corrected chi connectivity index (χ2v) is 7.59. The van der Waals surface area contributed by atoms with Gasteiger partial charge in [0.05, 0.1) is 19.1 Å². The van der Waals surface area contributed by atoms with Gasteiger partial charge in [-0.2, -0.15) is 0 Å². The SMILES string of the molecule is COC(=O)C(C)(CCCCCC1CNC(=O)O1)c1cccc(I)c1. The number of carbonyl (C=O) groups excluding carboxylic acids is 2. The van der Waals surface area contributed by atoms with E-state index < -0.39 is 5.41 Å². The van der Waals surface area contributed by atoms with Crippen molar-refractivity contribution in [1.29, 1.82) is 0 Å². The smallest absolute Gasteiger partial charge is 0.407 e. The minimum absolute atomic E-state index is 0.0137. The maximum absolute atomic E-state index is 12.4. The molecule has 6 heteroatoms. The first-order valence-corrected chi connectivity index (χ1v) is 9.32. The van der Waals surface area contributed by atoms with Crippen LogP contribution in [0.3, 0.4) is 0 Å². The van der Waals surface area contributed by atoms with Gasteiger partial charge in [-0.05, 0) is 66.5 Å². The summed E-state index contributed by atoms with van der Waals surface area (Å²) in [6.07, 6.45) is 4.15. The Kier molecular flexibility index (Phi) is 6.89. The van der Waals surface area contributed by atoms with Crippen LogP contribution in [0.15, 0.2) is 24.3 Å². The van der Waals surface area contributed by atoms with Crippen LogP contribution in [-0.2, 0) is 19.7 Å². The highest BCUT2D eigenvalue weighted by atomic mass is 127. The summed E-state index contributed by atoms with van der Waals surface area (Å²) in [7, 11) is 1.44. The van der Waals surface area contributed by atoms with E-state index in [4.69, 9.17) is 9.47 Å². The first-order chi connectivity index (χ1) is 11.5. The number of methoxy groups -OCH3 is 1. The molecule has 0 aliphatic carbocycles. The minimum atomic E-state index is -0.628. The molecule has 2 unspecified atom stereocenters. The number of cyclic esters (lactones) is 1. The minimum Gasteiger partial charge on any atom is -0.468 e. The van der Waals surface area contributed by atoms with Crippen molar-refractivity contribution in [3.8, 4) is 0 Å². The molecule has 24 heavy (non-hydrogen) atoms. The molecule has 0 radical (unpaired) electrons. The summed E-state index contributed by atoms with van der Waals surface area (Å²) in [4.78, 5) is 23.3. The van der Waals surface area contributed by atoms with E-state index >= 15 is 0 Å². The summed E-state index contributed by atoms with van der Waals surface area (Å²) in [6.45, 7) is 2.55. The van der Waals surface area contributed by atoms with Gasteiger partial charge in [0, 0.05) is 3.57 Å². The third kappa shape index (κ3) is 4.84. The van der Waals surface area contributed by atoms with Gasteiger partial charge in [-0.25, -0.2) is 4.79 Å². The molecule has 5 nitrogen and oxygen atoms in total. The Hall–Kier alpha value is -1.31. The van der Waals surface area contributed by atoms with Crippen LogP contribution in [0.25, 0.3) is 0 Å². The molecule has 0 aromatic heterocycles. The molecule has 132 valence electrons. The summed E-state index contributed by atoms with van der Waals surface area (Å²) in [5.74, 6) is -0.196. The molecule has 1 saturated heterocycles. The van der Waals surface area contributed by atoms with E-state index in [1.54, 1.807) is 0 Å². The van der Waals surface area contributed by atoms with Gasteiger partial charge in [0.2, 0.25) is 0 Å². The fraction of sp³-hybridized carbons (Fsp3) is 0.556. The zero-order valence-corrected chi connectivity index (χ0v) is 16.3. The predicted octanol–water partition coefficient (Wildman–Crippen LogP) is 3.78. The van der Waals surface area contributed by atoms with E-state index in [9.17, 15) is 9.59 Å². The first kappa shape index (κ1) is 19.0. The largest absolute Gasteiger partial charge is 0.468 e. The molecule has 0 saturated carbocycles. The molecule has 1 aliphatic rings. The quantitative estimate of drug-likeness (QED) is 0.376. The van der Waals surface area contributed by atoms with Crippen molar-refractivity contribution in [3.05, 3.63) is 33.4 Å². The molecule has 1 aliphatic heterocycles. The van der Waals surface area contributed by atoms with E-state index in [1.807, 2.05) is 31.2 Å². The van der Waals surface area contributed by atoms with Crippen LogP contribution < -0.4 is 5.32 Å². The maximum atomic E-state index is 12.4. The van der Waals surface area contributed by atoms with Gasteiger partial charge in [-0.1, -0.05) is 25.0 Å². The van der Waals surface area contributed by atoms with Crippen molar-refractivity contribution in [2.24, 2.45) is 0 Å². The average Bonchev–Trinajstić information content (AvgIpc) is 2.98. The number of unbranched alkanes of at least 4 members (excludes halogenated alkanes) is 2. The van der Waals surface area contributed by atoms with E-state index in [0.29, 0.717) is 6.54 Å². The maximum Gasteiger partial charge on any atom is 0.407 e. The van der Waals surface area contributed by atoms with Crippen molar-refractivity contribution >= 4 is 34.7 Å². The lowest BCUT2D eigenvalue weighted by molar-refractivity contribution is -0.147. The number of benzene rings is 1. The van der Waals surface area contributed by atoms with Gasteiger partial charge >= 0.3 is 12.1 Å². The molecule has 2 rings (SSSR count). The zero-order chi connectivity index (χ0) is 17.6. The van der Waals surface area contributed by atoms with E-state index in [0.717, 1.165) is 41.2 Å². The van der Waals surface area contributed by atoms with Gasteiger partial charge in [0.25, 0.3) is 0 Å². The zero-order valence-electron chi connectivity index (χ0n) is 14.1. The van der Waals surface area contributed by atoms with Crippen molar-refractivity contribution in [2.45, 2.75) is 50.5 Å². The second kappa shape index (κ2) is 8.69. The molecule has 1 aromatic carbocycles. The number of alkyl carbamates (subject to hydrolysis) is 1. The molecule has 1 heterocycles. The highest BCUT2D eigenvalue weighted by Gasteiger charge is 2.36. The lowest BCUT2D eigenvalue weighted by Gasteiger charge is -2.27. The van der Waals surface area contributed by atoms with Crippen molar-refractivity contribution in [2.75, 3.05) is 13.7 Å². The third-order valence-electron chi connectivity index (χ3n) is 4.55. The lowest BCUT2D eigenvalue weighted by atomic mass is 9.78.